The van der Waals surface area contributed by atoms with Gasteiger partial charge in [-0.3, -0.25) is 0 Å². The fraction of sp³-hybridized carbons (Fsp3) is 0.200. The summed E-state index contributed by atoms with van der Waals surface area (Å²) in [4.78, 5) is 2.07. The molecule has 2 rings (SSSR count). The highest BCUT2D eigenvalue weighted by atomic mass is 79.9. The molecule has 0 aromatic heterocycles. The van der Waals surface area contributed by atoms with Gasteiger partial charge in [-0.2, -0.15) is 0 Å². The second kappa shape index (κ2) is 6.17. The Bertz CT molecular complexity index is 555. The average Bonchev–Trinajstić information content (AvgIpc) is 2.41. The summed E-state index contributed by atoms with van der Waals surface area (Å²) in [6.07, 6.45) is 0. The molecule has 0 aliphatic carbocycles. The topological polar surface area (TPSA) is 29.3 Å². The first-order valence-electron chi connectivity index (χ1n) is 6.04. The quantitative estimate of drug-likeness (QED) is 0.930. The molecular formula is C15H16BrFN2. The minimum Gasteiger partial charge on any atom is -0.370 e. The maximum absolute atomic E-state index is 12.9. The molecule has 2 nitrogen and oxygen atoms in total. The monoisotopic (exact) mass is 322 g/mol. The number of hydrogen-bond donors (Lipinski definition) is 1. The first-order valence-corrected chi connectivity index (χ1v) is 6.83. The molecule has 4 heteroatoms. The normalized spacial score (nSPS) is 10.5. The summed E-state index contributed by atoms with van der Waals surface area (Å²) in [7, 11) is 1.98. The van der Waals surface area contributed by atoms with E-state index in [9.17, 15) is 4.39 Å². The lowest BCUT2D eigenvalue weighted by Gasteiger charge is -2.20. The van der Waals surface area contributed by atoms with E-state index in [0.29, 0.717) is 6.54 Å². The molecule has 0 radical (unpaired) electrons. The number of halogens is 2. The summed E-state index contributed by atoms with van der Waals surface area (Å²) in [6, 6.07) is 12.6. The van der Waals surface area contributed by atoms with Gasteiger partial charge < -0.3 is 10.6 Å². The fourth-order valence-electron chi connectivity index (χ4n) is 1.89. The van der Waals surface area contributed by atoms with Crippen LogP contribution < -0.4 is 10.6 Å². The van der Waals surface area contributed by atoms with Crippen LogP contribution in [0.1, 0.15) is 11.1 Å². The number of benzene rings is 2. The Morgan fingerprint density at radius 2 is 1.84 bits per heavy atom. The Hall–Kier alpha value is -1.39. The number of nitrogens with zero attached hydrogens (tertiary/aromatic N) is 1. The van der Waals surface area contributed by atoms with E-state index in [2.05, 4.69) is 26.9 Å². The minimum absolute atomic E-state index is 0.217. The van der Waals surface area contributed by atoms with Gasteiger partial charge in [0.05, 0.1) is 0 Å². The van der Waals surface area contributed by atoms with Crippen LogP contribution in [0.4, 0.5) is 10.1 Å². The van der Waals surface area contributed by atoms with Gasteiger partial charge in [0.1, 0.15) is 5.82 Å². The van der Waals surface area contributed by atoms with Crippen LogP contribution >= 0.6 is 15.9 Å². The molecule has 0 spiro atoms. The fourth-order valence-corrected chi connectivity index (χ4v) is 2.44. The van der Waals surface area contributed by atoms with E-state index in [1.54, 1.807) is 12.1 Å². The highest BCUT2D eigenvalue weighted by Crippen LogP contribution is 2.22. The first kappa shape index (κ1) is 14.0. The van der Waals surface area contributed by atoms with Crippen LogP contribution in [0.5, 0.6) is 0 Å². The van der Waals surface area contributed by atoms with Crippen molar-refractivity contribution in [3.8, 4) is 0 Å². The van der Waals surface area contributed by atoms with Crippen molar-refractivity contribution in [1.82, 2.24) is 0 Å². The van der Waals surface area contributed by atoms with E-state index in [4.69, 9.17) is 5.73 Å². The molecule has 0 aliphatic heterocycles. The third-order valence-electron chi connectivity index (χ3n) is 3.03. The minimum atomic E-state index is -0.217. The van der Waals surface area contributed by atoms with Crippen molar-refractivity contribution in [3.63, 3.8) is 0 Å². The third-order valence-corrected chi connectivity index (χ3v) is 3.77. The molecule has 0 fully saturated rings. The maximum atomic E-state index is 12.9. The van der Waals surface area contributed by atoms with Crippen molar-refractivity contribution in [1.29, 1.82) is 0 Å². The van der Waals surface area contributed by atoms with Gasteiger partial charge in [0.25, 0.3) is 0 Å². The lowest BCUT2D eigenvalue weighted by atomic mass is 10.1. The van der Waals surface area contributed by atoms with Crippen molar-refractivity contribution >= 4 is 21.6 Å². The summed E-state index contributed by atoms with van der Waals surface area (Å²) in [5.74, 6) is -0.217. The maximum Gasteiger partial charge on any atom is 0.123 e. The summed E-state index contributed by atoms with van der Waals surface area (Å²) >= 11 is 3.56. The number of rotatable bonds is 4. The smallest absolute Gasteiger partial charge is 0.123 e. The molecule has 0 heterocycles. The Morgan fingerprint density at radius 1 is 1.16 bits per heavy atom. The van der Waals surface area contributed by atoms with Gasteiger partial charge in [-0.1, -0.05) is 28.1 Å². The second-order valence-corrected chi connectivity index (χ2v) is 5.32. The lowest BCUT2D eigenvalue weighted by molar-refractivity contribution is 0.627. The number of hydrogen-bond acceptors (Lipinski definition) is 2. The largest absolute Gasteiger partial charge is 0.370 e. The van der Waals surface area contributed by atoms with Crippen molar-refractivity contribution in [2.75, 3.05) is 11.9 Å². The van der Waals surface area contributed by atoms with Crippen LogP contribution in [0.25, 0.3) is 0 Å². The van der Waals surface area contributed by atoms with Crippen molar-refractivity contribution in [2.45, 2.75) is 13.1 Å². The van der Waals surface area contributed by atoms with Crippen LogP contribution in [-0.4, -0.2) is 7.05 Å². The zero-order valence-electron chi connectivity index (χ0n) is 10.7. The Labute approximate surface area is 121 Å². The molecule has 2 aromatic rings. The Kier molecular flexibility index (Phi) is 4.56. The Balaban J connectivity index is 2.14. The van der Waals surface area contributed by atoms with Gasteiger partial charge in [-0.25, -0.2) is 4.39 Å². The van der Waals surface area contributed by atoms with Gasteiger partial charge in [-0.15, -0.1) is 0 Å². The van der Waals surface area contributed by atoms with Crippen molar-refractivity contribution in [3.05, 3.63) is 63.9 Å². The second-order valence-electron chi connectivity index (χ2n) is 4.46. The van der Waals surface area contributed by atoms with E-state index in [-0.39, 0.29) is 5.82 Å². The molecule has 0 atom stereocenters. The summed E-state index contributed by atoms with van der Waals surface area (Å²) < 4.78 is 13.9. The highest BCUT2D eigenvalue weighted by Gasteiger charge is 2.06. The van der Waals surface area contributed by atoms with Crippen molar-refractivity contribution in [2.24, 2.45) is 5.73 Å². The Morgan fingerprint density at radius 3 is 2.42 bits per heavy atom. The van der Waals surface area contributed by atoms with Gasteiger partial charge in [-0.05, 0) is 41.5 Å². The SMILES string of the molecule is CN(Cc1ccc(CN)cc1Br)c1ccc(F)cc1. The van der Waals surface area contributed by atoms with Crippen LogP contribution in [0, 0.1) is 5.82 Å². The van der Waals surface area contributed by atoms with E-state index in [1.807, 2.05) is 19.2 Å². The highest BCUT2D eigenvalue weighted by molar-refractivity contribution is 9.10. The van der Waals surface area contributed by atoms with E-state index >= 15 is 0 Å². The van der Waals surface area contributed by atoms with Gasteiger partial charge in [0.2, 0.25) is 0 Å². The summed E-state index contributed by atoms with van der Waals surface area (Å²) in [5, 5.41) is 0. The predicted octanol–water partition coefficient (Wildman–Crippen LogP) is 3.68. The standard InChI is InChI=1S/C15H16BrFN2/c1-19(14-6-4-13(17)5-7-14)10-12-3-2-11(9-18)8-15(12)16/h2-8H,9-10,18H2,1H3. The molecule has 0 saturated carbocycles. The molecule has 100 valence electrons. The summed E-state index contributed by atoms with van der Waals surface area (Å²) in [6.45, 7) is 1.28. The number of nitrogens with two attached hydrogens (primary N) is 1. The van der Waals surface area contributed by atoms with E-state index in [1.165, 1.54) is 17.7 Å². The zero-order valence-corrected chi connectivity index (χ0v) is 12.3. The van der Waals surface area contributed by atoms with Gasteiger partial charge in [0.15, 0.2) is 0 Å². The van der Waals surface area contributed by atoms with Crippen molar-refractivity contribution < 1.29 is 4.39 Å². The molecule has 19 heavy (non-hydrogen) atoms. The molecule has 0 saturated heterocycles. The summed E-state index contributed by atoms with van der Waals surface area (Å²) in [5.41, 5.74) is 8.86. The predicted molar refractivity (Wildman–Crippen MR) is 80.5 cm³/mol. The van der Waals surface area contributed by atoms with Gasteiger partial charge in [0, 0.05) is 30.3 Å². The van der Waals surface area contributed by atoms with E-state index < -0.39 is 0 Å². The molecule has 2 N–H and O–H groups in total. The van der Waals surface area contributed by atoms with Crippen LogP contribution in [0.15, 0.2) is 46.9 Å². The molecular weight excluding hydrogens is 307 g/mol. The molecule has 2 aromatic carbocycles. The third kappa shape index (κ3) is 3.55. The molecule has 0 amide bonds. The van der Waals surface area contributed by atoms with E-state index in [0.717, 1.165) is 22.3 Å². The lowest BCUT2D eigenvalue weighted by Crippen LogP contribution is -2.16. The van der Waals surface area contributed by atoms with Gasteiger partial charge >= 0.3 is 0 Å². The number of anilines is 1. The average molecular weight is 323 g/mol. The zero-order chi connectivity index (χ0) is 13.8. The molecule has 0 aliphatic rings. The first-order chi connectivity index (χ1) is 9.10. The molecule has 0 unspecified atom stereocenters. The van der Waals surface area contributed by atoms with Crippen LogP contribution in [-0.2, 0) is 13.1 Å². The van der Waals surface area contributed by atoms with Crippen LogP contribution in [0.3, 0.4) is 0 Å². The molecule has 0 bridgehead atoms. The van der Waals surface area contributed by atoms with Crippen LogP contribution in [0.2, 0.25) is 0 Å².